The lowest BCUT2D eigenvalue weighted by molar-refractivity contribution is 0.137. The van der Waals surface area contributed by atoms with Gasteiger partial charge in [-0.3, -0.25) is 0 Å². The lowest BCUT2D eigenvalue weighted by Crippen LogP contribution is -2.30. The van der Waals surface area contributed by atoms with E-state index in [1.165, 1.54) is 36.4 Å². The number of alkyl halides is 3. The van der Waals surface area contributed by atoms with E-state index in [-0.39, 0.29) is 24.0 Å². The third kappa shape index (κ3) is 6.07. The van der Waals surface area contributed by atoms with E-state index < -0.39 is 23.6 Å². The largest absolute Gasteiger partial charge is 0.546 e. The topological polar surface area (TPSA) is 73.9 Å². The maximum Gasteiger partial charge on any atom is 0.546 e. The average Bonchev–Trinajstić information content (AvgIpc) is 2.62. The Bertz CT molecular complexity index is 983. The van der Waals surface area contributed by atoms with Gasteiger partial charge in [-0.15, -0.1) is 0 Å². The number of benzene rings is 2. The standard InChI is InChI=1S/C19H17Cl5NO5P/c1-10(2)9-28-18(26)25-31(27)29-15-5-3-11(20)7-13(15)17(19(22,23)24)14-8-12(21)4-6-16(14)30-31/h3-8,10,17H,9H2,1-2H3,(H,25,26,27). The van der Waals surface area contributed by atoms with Gasteiger partial charge in [0.1, 0.15) is 11.5 Å². The summed E-state index contributed by atoms with van der Waals surface area (Å²) in [5.74, 6) is -0.791. The summed E-state index contributed by atoms with van der Waals surface area (Å²) >= 11 is 31.2. The second-order valence-electron chi connectivity index (χ2n) is 7.12. The number of carbonyl (C=O) groups is 1. The fourth-order valence-corrected chi connectivity index (χ4v) is 5.22. The van der Waals surface area contributed by atoms with E-state index in [1.54, 1.807) is 0 Å². The van der Waals surface area contributed by atoms with Gasteiger partial charge >= 0.3 is 13.8 Å². The number of ether oxygens (including phenoxy) is 1. The van der Waals surface area contributed by atoms with Gasteiger partial charge in [-0.1, -0.05) is 71.9 Å². The molecule has 0 radical (unpaired) electrons. The Balaban J connectivity index is 2.14. The highest BCUT2D eigenvalue weighted by molar-refractivity contribution is 7.53. The van der Waals surface area contributed by atoms with E-state index in [9.17, 15) is 9.36 Å². The molecule has 1 N–H and O–H groups in total. The summed E-state index contributed by atoms with van der Waals surface area (Å²) in [7, 11) is -4.31. The van der Waals surface area contributed by atoms with Crippen LogP contribution >= 0.6 is 65.8 Å². The molecule has 0 atom stereocenters. The molecule has 0 saturated carbocycles. The first kappa shape index (κ1) is 24.6. The average molecular weight is 548 g/mol. The van der Waals surface area contributed by atoms with Crippen molar-refractivity contribution < 1.29 is 23.1 Å². The van der Waals surface area contributed by atoms with Crippen molar-refractivity contribution in [1.82, 2.24) is 5.09 Å². The van der Waals surface area contributed by atoms with Crippen molar-refractivity contribution in [2.24, 2.45) is 5.92 Å². The number of amides is 1. The highest BCUT2D eigenvalue weighted by Crippen LogP contribution is 2.57. The highest BCUT2D eigenvalue weighted by Gasteiger charge is 2.44. The Morgan fingerprint density at radius 2 is 1.55 bits per heavy atom. The van der Waals surface area contributed by atoms with Crippen LogP contribution in [0.2, 0.25) is 10.0 Å². The molecule has 168 valence electrons. The van der Waals surface area contributed by atoms with Crippen molar-refractivity contribution in [1.29, 1.82) is 0 Å². The summed E-state index contributed by atoms with van der Waals surface area (Å²) in [5, 5.41) is 2.82. The highest BCUT2D eigenvalue weighted by atomic mass is 35.6. The van der Waals surface area contributed by atoms with E-state index in [0.29, 0.717) is 21.2 Å². The SMILES string of the molecule is CC(C)COC(=O)NP1(=O)Oc2ccc(Cl)cc2C(C(Cl)(Cl)Cl)c2cc(Cl)ccc2O1. The van der Waals surface area contributed by atoms with Crippen LogP contribution < -0.4 is 14.1 Å². The second-order valence-corrected chi connectivity index (χ2v) is 11.9. The minimum absolute atomic E-state index is 0.0406. The summed E-state index contributed by atoms with van der Waals surface area (Å²) in [6.45, 7) is 3.82. The molecule has 0 spiro atoms. The van der Waals surface area contributed by atoms with Gasteiger partial charge in [0.2, 0.25) is 3.79 Å². The van der Waals surface area contributed by atoms with Crippen molar-refractivity contribution in [3.05, 3.63) is 57.6 Å². The molecule has 0 unspecified atom stereocenters. The van der Waals surface area contributed by atoms with Gasteiger partial charge in [0.15, 0.2) is 0 Å². The molecule has 0 fully saturated rings. The van der Waals surface area contributed by atoms with Crippen LogP contribution in [0.15, 0.2) is 36.4 Å². The molecule has 1 aliphatic heterocycles. The van der Waals surface area contributed by atoms with Crippen molar-refractivity contribution in [3.63, 3.8) is 0 Å². The summed E-state index contributed by atoms with van der Waals surface area (Å²) in [6, 6.07) is 8.90. The predicted octanol–water partition coefficient (Wildman–Crippen LogP) is 7.76. The molecule has 1 amide bonds. The molecule has 31 heavy (non-hydrogen) atoms. The van der Waals surface area contributed by atoms with Crippen LogP contribution in [0.25, 0.3) is 0 Å². The van der Waals surface area contributed by atoms with Crippen LogP contribution in [-0.4, -0.2) is 16.5 Å². The van der Waals surface area contributed by atoms with Crippen LogP contribution in [-0.2, 0) is 9.30 Å². The molecule has 2 aromatic carbocycles. The summed E-state index contributed by atoms with van der Waals surface area (Å²) in [4.78, 5) is 12.2. The second kappa shape index (κ2) is 9.46. The minimum atomic E-state index is -4.31. The Labute approximate surface area is 204 Å². The quantitative estimate of drug-likeness (QED) is 0.314. The van der Waals surface area contributed by atoms with Crippen molar-refractivity contribution >= 4 is 71.8 Å². The molecular weight excluding hydrogens is 530 g/mol. The zero-order chi connectivity index (χ0) is 23.0. The normalized spacial score (nSPS) is 20.5. The molecule has 0 saturated heterocycles. The first-order chi connectivity index (χ1) is 14.4. The lowest BCUT2D eigenvalue weighted by atomic mass is 9.91. The van der Waals surface area contributed by atoms with E-state index in [1.807, 2.05) is 13.8 Å². The van der Waals surface area contributed by atoms with Crippen LogP contribution in [0, 0.1) is 5.92 Å². The van der Waals surface area contributed by atoms with Crippen LogP contribution in [0.3, 0.4) is 0 Å². The summed E-state index contributed by atoms with van der Waals surface area (Å²) in [6.07, 6.45) is -0.971. The molecular formula is C19H17Cl5NO5P. The van der Waals surface area contributed by atoms with E-state index >= 15 is 0 Å². The predicted molar refractivity (Wildman–Crippen MR) is 123 cm³/mol. The van der Waals surface area contributed by atoms with Gasteiger partial charge in [-0.05, 0) is 42.3 Å². The number of hydrogen-bond donors (Lipinski definition) is 1. The van der Waals surface area contributed by atoms with Gasteiger partial charge < -0.3 is 13.8 Å². The summed E-state index contributed by atoms with van der Waals surface area (Å²) in [5.41, 5.74) is 0.633. The van der Waals surface area contributed by atoms with Gasteiger partial charge in [0.25, 0.3) is 0 Å². The molecule has 0 bridgehead atoms. The third-order valence-corrected chi connectivity index (χ3v) is 6.56. The molecule has 12 heteroatoms. The Morgan fingerprint density at radius 1 is 1.06 bits per heavy atom. The molecule has 1 aliphatic rings. The number of nitrogens with one attached hydrogen (secondary N) is 1. The zero-order valence-corrected chi connectivity index (χ0v) is 20.9. The first-order valence-corrected chi connectivity index (χ1v) is 12.4. The molecule has 2 aromatic rings. The molecule has 6 nitrogen and oxygen atoms in total. The number of halogens is 5. The number of rotatable bonds is 3. The Hall–Kier alpha value is -1.01. The van der Waals surface area contributed by atoms with Crippen molar-refractivity contribution in [2.45, 2.75) is 23.6 Å². The van der Waals surface area contributed by atoms with Gasteiger partial charge in [-0.25, -0.2) is 14.4 Å². The van der Waals surface area contributed by atoms with Gasteiger partial charge in [0.05, 0.1) is 12.5 Å². The smallest absolute Gasteiger partial charge is 0.449 e. The monoisotopic (exact) mass is 545 g/mol. The minimum Gasteiger partial charge on any atom is -0.449 e. The first-order valence-electron chi connectivity index (χ1n) is 8.98. The lowest BCUT2D eigenvalue weighted by Gasteiger charge is -2.32. The fourth-order valence-electron chi connectivity index (χ4n) is 2.89. The van der Waals surface area contributed by atoms with E-state index in [4.69, 9.17) is 71.8 Å². The molecule has 0 aromatic heterocycles. The number of carbonyl (C=O) groups excluding carboxylic acids is 1. The van der Waals surface area contributed by atoms with E-state index in [2.05, 4.69) is 5.09 Å². The maximum atomic E-state index is 13.5. The zero-order valence-electron chi connectivity index (χ0n) is 16.2. The van der Waals surface area contributed by atoms with Crippen molar-refractivity contribution in [2.75, 3.05) is 6.61 Å². The van der Waals surface area contributed by atoms with E-state index in [0.717, 1.165) is 0 Å². The molecule has 1 heterocycles. The summed E-state index contributed by atoms with van der Waals surface area (Å²) < 4.78 is 27.9. The fraction of sp³-hybridized carbons (Fsp3) is 0.316. The Morgan fingerprint density at radius 3 is 1.97 bits per heavy atom. The van der Waals surface area contributed by atoms with Crippen molar-refractivity contribution in [3.8, 4) is 11.5 Å². The van der Waals surface area contributed by atoms with Crippen LogP contribution in [0.5, 0.6) is 11.5 Å². The number of fused-ring (bicyclic) bond motifs is 2. The maximum absolute atomic E-state index is 13.5. The molecule has 3 rings (SSSR count). The number of hydrogen-bond acceptors (Lipinski definition) is 5. The Kier molecular flexibility index (Phi) is 7.52. The van der Waals surface area contributed by atoms with Crippen LogP contribution in [0.4, 0.5) is 4.79 Å². The van der Waals surface area contributed by atoms with Gasteiger partial charge in [-0.2, -0.15) is 0 Å². The van der Waals surface area contributed by atoms with Crippen LogP contribution in [0.1, 0.15) is 30.9 Å². The third-order valence-electron chi connectivity index (χ3n) is 4.11. The van der Waals surface area contributed by atoms with Gasteiger partial charge in [0, 0.05) is 21.2 Å². The molecule has 0 aliphatic carbocycles.